The Labute approximate surface area is 173 Å². The maximum absolute atomic E-state index is 13.8. The van der Waals surface area contributed by atoms with Gasteiger partial charge in [0.1, 0.15) is 5.82 Å². The number of carbonyl (C=O) groups is 1. The van der Waals surface area contributed by atoms with E-state index in [9.17, 15) is 22.4 Å². The van der Waals surface area contributed by atoms with Crippen LogP contribution < -0.4 is 5.32 Å². The van der Waals surface area contributed by atoms with E-state index in [1.54, 1.807) is 6.07 Å². The average Bonchev–Trinajstić information content (AvgIpc) is 3.36. The molecule has 1 aromatic heterocycles. The van der Waals surface area contributed by atoms with Crippen LogP contribution in [0.2, 0.25) is 0 Å². The number of hydrogen-bond acceptors (Lipinski definition) is 3. The van der Waals surface area contributed by atoms with Gasteiger partial charge in [0.2, 0.25) is 0 Å². The molecule has 31 heavy (non-hydrogen) atoms. The number of halogens is 4. The summed E-state index contributed by atoms with van der Waals surface area (Å²) in [6, 6.07) is 13.7. The van der Waals surface area contributed by atoms with Crippen molar-refractivity contribution in [2.24, 2.45) is 0 Å². The molecular formula is C22H14F4N4O. The van der Waals surface area contributed by atoms with Gasteiger partial charge >= 0.3 is 6.18 Å². The monoisotopic (exact) mass is 426 g/mol. The average molecular weight is 426 g/mol. The molecule has 5 rings (SSSR count). The summed E-state index contributed by atoms with van der Waals surface area (Å²) < 4.78 is 55.4. The van der Waals surface area contributed by atoms with E-state index in [-0.39, 0.29) is 5.69 Å². The third kappa shape index (κ3) is 3.22. The molecule has 0 atom stereocenters. The minimum Gasteiger partial charge on any atom is -0.320 e. The fraction of sp³-hybridized carbons (Fsp3) is 0.136. The fourth-order valence-corrected chi connectivity index (χ4v) is 4.02. The van der Waals surface area contributed by atoms with Gasteiger partial charge in [-0.15, -0.1) is 5.10 Å². The Kier molecular flexibility index (Phi) is 4.28. The maximum Gasteiger partial charge on any atom is 0.435 e. The Morgan fingerprint density at radius 3 is 2.48 bits per heavy atom. The van der Waals surface area contributed by atoms with Crippen LogP contribution in [0.5, 0.6) is 0 Å². The molecule has 3 aromatic carbocycles. The quantitative estimate of drug-likeness (QED) is 0.473. The first-order valence-corrected chi connectivity index (χ1v) is 9.46. The predicted molar refractivity (Wildman–Crippen MR) is 106 cm³/mol. The van der Waals surface area contributed by atoms with Crippen LogP contribution in [0.15, 0.2) is 54.6 Å². The Hall–Kier alpha value is -3.75. The molecule has 0 unspecified atom stereocenters. The number of carbonyl (C=O) groups excluding carboxylic acids is 1. The molecule has 1 aliphatic rings. The highest BCUT2D eigenvalue weighted by Crippen LogP contribution is 2.36. The Balaban J connectivity index is 1.58. The topological polar surface area (TPSA) is 59.8 Å². The predicted octanol–water partition coefficient (Wildman–Crippen LogP) is 4.93. The zero-order valence-corrected chi connectivity index (χ0v) is 15.9. The Morgan fingerprint density at radius 2 is 1.74 bits per heavy atom. The summed E-state index contributed by atoms with van der Waals surface area (Å²) in [5, 5.41) is 11.3. The Morgan fingerprint density at radius 1 is 1.00 bits per heavy atom. The number of anilines is 1. The number of aryl methyl sites for hydroxylation is 2. The van der Waals surface area contributed by atoms with Gasteiger partial charge in [0.15, 0.2) is 11.4 Å². The highest BCUT2D eigenvalue weighted by Gasteiger charge is 2.42. The SMILES string of the molecule is O=C(Nc1ccc2c3c(cccc13)CC2)c1nnn(-c2cccc(F)c2)c1C(F)(F)F. The highest BCUT2D eigenvalue weighted by molar-refractivity contribution is 6.10. The minimum absolute atomic E-state index is 0.191. The molecule has 0 saturated carbocycles. The van der Waals surface area contributed by atoms with E-state index in [4.69, 9.17) is 0 Å². The summed E-state index contributed by atoms with van der Waals surface area (Å²) in [7, 11) is 0. The molecule has 0 aliphatic heterocycles. The molecule has 1 aliphatic carbocycles. The van der Waals surface area contributed by atoms with Crippen LogP contribution in [0.1, 0.15) is 27.3 Å². The van der Waals surface area contributed by atoms with E-state index in [1.807, 2.05) is 24.3 Å². The van der Waals surface area contributed by atoms with Crippen molar-refractivity contribution in [1.82, 2.24) is 15.0 Å². The second kappa shape index (κ2) is 6.90. The molecular weight excluding hydrogens is 412 g/mol. The van der Waals surface area contributed by atoms with Gasteiger partial charge in [0, 0.05) is 11.1 Å². The van der Waals surface area contributed by atoms with Crippen molar-refractivity contribution >= 4 is 22.4 Å². The number of hydrogen-bond donors (Lipinski definition) is 1. The lowest BCUT2D eigenvalue weighted by Crippen LogP contribution is -2.21. The van der Waals surface area contributed by atoms with Crippen LogP contribution in [0.25, 0.3) is 16.5 Å². The molecule has 4 aromatic rings. The van der Waals surface area contributed by atoms with Crippen molar-refractivity contribution in [3.8, 4) is 5.69 Å². The Bertz CT molecular complexity index is 1330. The fourth-order valence-electron chi connectivity index (χ4n) is 4.02. The molecule has 156 valence electrons. The van der Waals surface area contributed by atoms with Crippen LogP contribution in [-0.4, -0.2) is 20.9 Å². The number of aromatic nitrogens is 3. The van der Waals surface area contributed by atoms with Gasteiger partial charge in [-0.1, -0.05) is 35.5 Å². The van der Waals surface area contributed by atoms with Crippen LogP contribution in [0, 0.1) is 5.82 Å². The molecule has 1 heterocycles. The van der Waals surface area contributed by atoms with E-state index < -0.39 is 29.3 Å². The molecule has 0 spiro atoms. The van der Waals surface area contributed by atoms with Crippen molar-refractivity contribution in [2.45, 2.75) is 19.0 Å². The van der Waals surface area contributed by atoms with Crippen LogP contribution >= 0.6 is 0 Å². The zero-order valence-electron chi connectivity index (χ0n) is 15.9. The molecule has 1 amide bonds. The van der Waals surface area contributed by atoms with Gasteiger partial charge in [0.05, 0.1) is 5.69 Å². The van der Waals surface area contributed by atoms with Crippen molar-refractivity contribution in [3.63, 3.8) is 0 Å². The largest absolute Gasteiger partial charge is 0.435 e. The third-order valence-corrected chi connectivity index (χ3v) is 5.33. The summed E-state index contributed by atoms with van der Waals surface area (Å²) in [6.07, 6.45) is -3.18. The summed E-state index contributed by atoms with van der Waals surface area (Å²) in [6.45, 7) is 0. The van der Waals surface area contributed by atoms with Crippen molar-refractivity contribution < 1.29 is 22.4 Å². The molecule has 0 saturated heterocycles. The minimum atomic E-state index is -4.94. The first-order chi connectivity index (χ1) is 14.8. The second-order valence-corrected chi connectivity index (χ2v) is 7.24. The first-order valence-electron chi connectivity index (χ1n) is 9.46. The zero-order chi connectivity index (χ0) is 21.8. The van der Waals surface area contributed by atoms with E-state index in [0.29, 0.717) is 10.4 Å². The van der Waals surface area contributed by atoms with Crippen molar-refractivity contribution in [2.75, 3.05) is 5.32 Å². The summed E-state index contributed by atoms with van der Waals surface area (Å²) in [5.74, 6) is -1.78. The maximum atomic E-state index is 13.8. The number of rotatable bonds is 3. The van der Waals surface area contributed by atoms with Gasteiger partial charge in [-0.3, -0.25) is 4.79 Å². The smallest absolute Gasteiger partial charge is 0.320 e. The lowest BCUT2D eigenvalue weighted by Gasteiger charge is -2.13. The van der Waals surface area contributed by atoms with Gasteiger partial charge in [-0.05, 0) is 53.6 Å². The van der Waals surface area contributed by atoms with Crippen LogP contribution in [-0.2, 0) is 19.0 Å². The lowest BCUT2D eigenvalue weighted by molar-refractivity contribution is -0.143. The van der Waals surface area contributed by atoms with Gasteiger partial charge in [-0.2, -0.15) is 13.2 Å². The van der Waals surface area contributed by atoms with Crippen LogP contribution in [0.4, 0.5) is 23.2 Å². The highest BCUT2D eigenvalue weighted by atomic mass is 19.4. The molecule has 5 nitrogen and oxygen atoms in total. The first kappa shape index (κ1) is 19.2. The summed E-state index contributed by atoms with van der Waals surface area (Å²) >= 11 is 0. The molecule has 0 radical (unpaired) electrons. The third-order valence-electron chi connectivity index (χ3n) is 5.33. The standard InChI is InChI=1S/C22H14F4N4O/c23-14-4-2-5-15(11-14)30-20(22(24,25)26)19(28-29-30)21(31)27-17-10-9-13-8-7-12-3-1-6-16(17)18(12)13/h1-6,9-11H,7-8H2,(H,27,31). The number of amides is 1. The van der Waals surface area contributed by atoms with Gasteiger partial charge < -0.3 is 5.32 Å². The van der Waals surface area contributed by atoms with E-state index >= 15 is 0 Å². The molecule has 0 fully saturated rings. The normalized spacial score (nSPS) is 13.0. The summed E-state index contributed by atoms with van der Waals surface area (Å²) in [5.41, 5.74) is 0.208. The van der Waals surface area contributed by atoms with Crippen molar-refractivity contribution in [3.05, 3.63) is 82.9 Å². The van der Waals surface area contributed by atoms with Crippen LogP contribution in [0.3, 0.4) is 0 Å². The van der Waals surface area contributed by atoms with E-state index in [2.05, 4.69) is 15.6 Å². The summed E-state index contributed by atoms with van der Waals surface area (Å²) in [4.78, 5) is 12.8. The lowest BCUT2D eigenvalue weighted by atomic mass is 10.0. The molecule has 1 N–H and O–H groups in total. The van der Waals surface area contributed by atoms with Crippen molar-refractivity contribution in [1.29, 1.82) is 0 Å². The number of benzene rings is 3. The number of alkyl halides is 3. The number of nitrogens with zero attached hydrogens (tertiary/aromatic N) is 3. The molecule has 9 heteroatoms. The van der Waals surface area contributed by atoms with E-state index in [1.165, 1.54) is 12.1 Å². The second-order valence-electron chi connectivity index (χ2n) is 7.24. The van der Waals surface area contributed by atoms with E-state index in [0.717, 1.165) is 46.9 Å². The molecule has 0 bridgehead atoms. The van der Waals surface area contributed by atoms with Gasteiger partial charge in [-0.25, -0.2) is 9.07 Å². The number of nitrogens with one attached hydrogen (secondary N) is 1. The van der Waals surface area contributed by atoms with Gasteiger partial charge in [0.25, 0.3) is 5.91 Å².